The average Bonchev–Trinajstić information content (AvgIpc) is 3.26. The SMILES string of the molecule is CCCCCNC(=O)COC(=O)c1ccccc1-c1ncc(-c2ccccc2)o1. The molecule has 6 heteroatoms. The van der Waals surface area contributed by atoms with Crippen LogP contribution in [0.1, 0.15) is 36.5 Å². The van der Waals surface area contributed by atoms with Gasteiger partial charge >= 0.3 is 5.97 Å². The molecule has 0 saturated heterocycles. The number of amides is 1. The molecule has 0 radical (unpaired) electrons. The molecule has 0 fully saturated rings. The molecule has 0 aliphatic heterocycles. The van der Waals surface area contributed by atoms with Gasteiger partial charge in [0.05, 0.1) is 17.3 Å². The molecule has 0 bridgehead atoms. The van der Waals surface area contributed by atoms with E-state index in [-0.39, 0.29) is 12.5 Å². The summed E-state index contributed by atoms with van der Waals surface area (Å²) in [5, 5.41) is 2.75. The first-order valence-electron chi connectivity index (χ1n) is 9.73. The Labute approximate surface area is 169 Å². The number of carbonyl (C=O) groups excluding carboxylic acids is 2. The minimum Gasteiger partial charge on any atom is -0.452 e. The van der Waals surface area contributed by atoms with Crippen molar-refractivity contribution in [2.75, 3.05) is 13.2 Å². The molecule has 0 spiro atoms. The predicted molar refractivity (Wildman–Crippen MR) is 110 cm³/mol. The number of unbranched alkanes of at least 4 members (excludes halogenated alkanes) is 2. The molecule has 0 saturated carbocycles. The first-order valence-corrected chi connectivity index (χ1v) is 9.73. The second kappa shape index (κ2) is 10.2. The van der Waals surface area contributed by atoms with E-state index in [0.29, 0.717) is 29.3 Å². The fourth-order valence-electron chi connectivity index (χ4n) is 2.84. The van der Waals surface area contributed by atoms with Crippen LogP contribution in [0, 0.1) is 0 Å². The van der Waals surface area contributed by atoms with Gasteiger partial charge in [-0.1, -0.05) is 62.2 Å². The number of ether oxygens (including phenoxy) is 1. The lowest BCUT2D eigenvalue weighted by Gasteiger charge is -2.08. The van der Waals surface area contributed by atoms with Crippen LogP contribution in [0.15, 0.2) is 65.2 Å². The van der Waals surface area contributed by atoms with E-state index in [2.05, 4.69) is 17.2 Å². The molecule has 0 atom stereocenters. The third-order valence-electron chi connectivity index (χ3n) is 4.38. The van der Waals surface area contributed by atoms with Crippen molar-refractivity contribution in [2.24, 2.45) is 0 Å². The van der Waals surface area contributed by atoms with Crippen LogP contribution in [0.25, 0.3) is 22.8 Å². The summed E-state index contributed by atoms with van der Waals surface area (Å²) in [5.41, 5.74) is 1.71. The first-order chi connectivity index (χ1) is 14.2. The average molecular weight is 392 g/mol. The Kier molecular flexibility index (Phi) is 7.16. The normalized spacial score (nSPS) is 10.5. The number of carbonyl (C=O) groups is 2. The van der Waals surface area contributed by atoms with Gasteiger partial charge in [0.15, 0.2) is 12.4 Å². The van der Waals surface area contributed by atoms with Crippen molar-refractivity contribution in [2.45, 2.75) is 26.2 Å². The lowest BCUT2D eigenvalue weighted by atomic mass is 10.1. The molecule has 29 heavy (non-hydrogen) atoms. The number of aromatic nitrogens is 1. The van der Waals surface area contributed by atoms with Crippen molar-refractivity contribution >= 4 is 11.9 Å². The monoisotopic (exact) mass is 392 g/mol. The Balaban J connectivity index is 1.67. The molecule has 2 aromatic carbocycles. The minimum atomic E-state index is -0.594. The van der Waals surface area contributed by atoms with Crippen LogP contribution in [0.5, 0.6) is 0 Å². The van der Waals surface area contributed by atoms with Gasteiger partial charge in [0.1, 0.15) is 0 Å². The molecular weight excluding hydrogens is 368 g/mol. The van der Waals surface area contributed by atoms with Gasteiger partial charge in [-0.15, -0.1) is 0 Å². The number of esters is 1. The summed E-state index contributed by atoms with van der Waals surface area (Å²) in [5.74, 6) is 0.0221. The zero-order valence-electron chi connectivity index (χ0n) is 16.4. The van der Waals surface area contributed by atoms with Crippen LogP contribution in [0.2, 0.25) is 0 Å². The van der Waals surface area contributed by atoms with Gasteiger partial charge in [0, 0.05) is 12.1 Å². The quantitative estimate of drug-likeness (QED) is 0.429. The second-order valence-corrected chi connectivity index (χ2v) is 6.57. The third-order valence-corrected chi connectivity index (χ3v) is 4.38. The molecule has 0 unspecified atom stereocenters. The van der Waals surface area contributed by atoms with Crippen LogP contribution < -0.4 is 5.32 Å². The Morgan fingerprint density at radius 1 is 1.03 bits per heavy atom. The summed E-state index contributed by atoms with van der Waals surface area (Å²) in [6, 6.07) is 16.5. The zero-order chi connectivity index (χ0) is 20.5. The molecule has 3 aromatic rings. The smallest absolute Gasteiger partial charge is 0.339 e. The van der Waals surface area contributed by atoms with Crippen LogP contribution in [0.4, 0.5) is 0 Å². The van der Waals surface area contributed by atoms with E-state index in [4.69, 9.17) is 9.15 Å². The summed E-state index contributed by atoms with van der Waals surface area (Å²) >= 11 is 0. The first kappa shape index (κ1) is 20.3. The van der Waals surface area contributed by atoms with Crippen molar-refractivity contribution < 1.29 is 18.7 Å². The van der Waals surface area contributed by atoms with Gasteiger partial charge in [-0.2, -0.15) is 0 Å². The molecule has 3 rings (SSSR count). The van der Waals surface area contributed by atoms with Gasteiger partial charge in [0.25, 0.3) is 5.91 Å². The lowest BCUT2D eigenvalue weighted by molar-refractivity contribution is -0.124. The summed E-state index contributed by atoms with van der Waals surface area (Å²) in [4.78, 5) is 28.7. The van der Waals surface area contributed by atoms with Crippen molar-refractivity contribution in [1.29, 1.82) is 0 Å². The fraction of sp³-hybridized carbons (Fsp3) is 0.261. The molecule has 1 amide bonds. The fourth-order valence-corrected chi connectivity index (χ4v) is 2.84. The van der Waals surface area contributed by atoms with Gasteiger partial charge in [-0.3, -0.25) is 4.79 Å². The summed E-state index contributed by atoms with van der Waals surface area (Å²) < 4.78 is 11.0. The largest absolute Gasteiger partial charge is 0.452 e. The van der Waals surface area contributed by atoms with E-state index < -0.39 is 5.97 Å². The molecule has 150 valence electrons. The highest BCUT2D eigenvalue weighted by Crippen LogP contribution is 2.28. The van der Waals surface area contributed by atoms with Crippen molar-refractivity contribution in [3.8, 4) is 22.8 Å². The molecule has 1 N–H and O–H groups in total. The lowest BCUT2D eigenvalue weighted by Crippen LogP contribution is -2.29. The highest BCUT2D eigenvalue weighted by Gasteiger charge is 2.18. The number of hydrogen-bond acceptors (Lipinski definition) is 5. The number of nitrogens with zero attached hydrogens (tertiary/aromatic N) is 1. The molecule has 6 nitrogen and oxygen atoms in total. The number of benzene rings is 2. The van der Waals surface area contributed by atoms with E-state index in [1.165, 1.54) is 0 Å². The van der Waals surface area contributed by atoms with E-state index in [0.717, 1.165) is 24.8 Å². The number of oxazole rings is 1. The number of hydrogen-bond donors (Lipinski definition) is 1. The van der Waals surface area contributed by atoms with Gasteiger partial charge in [0.2, 0.25) is 5.89 Å². The molecule has 0 aliphatic carbocycles. The maximum atomic E-state index is 12.5. The van der Waals surface area contributed by atoms with Gasteiger partial charge in [-0.05, 0) is 18.6 Å². The topological polar surface area (TPSA) is 81.4 Å². The highest BCUT2D eigenvalue weighted by molar-refractivity contribution is 5.97. The Morgan fingerprint density at radius 2 is 1.79 bits per heavy atom. The van der Waals surface area contributed by atoms with Crippen LogP contribution in [-0.4, -0.2) is 30.0 Å². The molecule has 1 aromatic heterocycles. The zero-order valence-corrected chi connectivity index (χ0v) is 16.4. The summed E-state index contributed by atoms with van der Waals surface area (Å²) in [7, 11) is 0. The van der Waals surface area contributed by atoms with E-state index in [1.807, 2.05) is 30.3 Å². The maximum absolute atomic E-state index is 12.5. The van der Waals surface area contributed by atoms with Crippen molar-refractivity contribution in [1.82, 2.24) is 10.3 Å². The van der Waals surface area contributed by atoms with Gasteiger partial charge < -0.3 is 14.5 Å². The summed E-state index contributed by atoms with van der Waals surface area (Å²) in [6.45, 7) is 2.36. The van der Waals surface area contributed by atoms with E-state index in [1.54, 1.807) is 30.5 Å². The maximum Gasteiger partial charge on any atom is 0.339 e. The number of rotatable bonds is 9. The van der Waals surface area contributed by atoms with Crippen LogP contribution in [-0.2, 0) is 9.53 Å². The minimum absolute atomic E-state index is 0.299. The van der Waals surface area contributed by atoms with Crippen LogP contribution >= 0.6 is 0 Å². The molecule has 1 heterocycles. The summed E-state index contributed by atoms with van der Waals surface area (Å²) in [6.07, 6.45) is 4.66. The predicted octanol–water partition coefficient (Wildman–Crippen LogP) is 4.47. The van der Waals surface area contributed by atoms with Crippen molar-refractivity contribution in [3.63, 3.8) is 0 Å². The van der Waals surface area contributed by atoms with E-state index >= 15 is 0 Å². The third kappa shape index (κ3) is 5.54. The number of nitrogens with one attached hydrogen (secondary N) is 1. The van der Waals surface area contributed by atoms with E-state index in [9.17, 15) is 9.59 Å². The Morgan fingerprint density at radius 3 is 2.59 bits per heavy atom. The Bertz CT molecular complexity index is 950. The Hall–Kier alpha value is -3.41. The van der Waals surface area contributed by atoms with Crippen LogP contribution in [0.3, 0.4) is 0 Å². The van der Waals surface area contributed by atoms with Gasteiger partial charge in [-0.25, -0.2) is 9.78 Å². The van der Waals surface area contributed by atoms with Crippen molar-refractivity contribution in [3.05, 3.63) is 66.4 Å². The molecular formula is C23H24N2O4. The molecule has 0 aliphatic rings. The second-order valence-electron chi connectivity index (χ2n) is 6.57. The highest BCUT2D eigenvalue weighted by atomic mass is 16.5. The standard InChI is InChI=1S/C23H24N2O4/c1-2-3-9-14-24-21(26)16-28-23(27)19-13-8-7-12-18(19)22-25-15-20(29-22)17-10-5-4-6-11-17/h4-8,10-13,15H,2-3,9,14,16H2,1H3,(H,24,26).